The van der Waals surface area contributed by atoms with E-state index in [1.165, 1.54) is 12.8 Å². The van der Waals surface area contributed by atoms with E-state index in [1.54, 1.807) is 0 Å². The van der Waals surface area contributed by atoms with Crippen LogP contribution in [0.3, 0.4) is 0 Å². The summed E-state index contributed by atoms with van der Waals surface area (Å²) in [4.78, 5) is 10.1. The van der Waals surface area contributed by atoms with E-state index >= 15 is 0 Å². The largest absolute Gasteiger partial charge is 0.355 e. The molecule has 2 nitrogen and oxygen atoms in total. The quantitative estimate of drug-likeness (QED) is 0.542. The van der Waals surface area contributed by atoms with E-state index in [1.807, 2.05) is 0 Å². The van der Waals surface area contributed by atoms with Crippen LogP contribution in [0.5, 0.6) is 0 Å². The number of hydrogen-bond donors (Lipinski definition) is 0. The van der Waals surface area contributed by atoms with Crippen molar-refractivity contribution in [2.24, 2.45) is 5.92 Å². The van der Waals surface area contributed by atoms with E-state index in [2.05, 4.69) is 13.8 Å². The van der Waals surface area contributed by atoms with Crippen molar-refractivity contribution < 1.29 is 9.90 Å². The smallest absolute Gasteiger partial charge is 0.247 e. The van der Waals surface area contributed by atoms with Gasteiger partial charge >= 0.3 is 5.97 Å². The average molecular weight is 171 g/mol. The van der Waals surface area contributed by atoms with E-state index in [0.29, 0.717) is 0 Å². The van der Waals surface area contributed by atoms with Gasteiger partial charge in [0, 0.05) is 0 Å². The van der Waals surface area contributed by atoms with E-state index in [-0.39, 0.29) is 6.42 Å². The Balaban J connectivity index is 3.13. The van der Waals surface area contributed by atoms with Gasteiger partial charge in [0.15, 0.2) is 0 Å². The molecule has 1 radical (unpaired) electrons. The third-order valence-electron chi connectivity index (χ3n) is 2.11. The minimum atomic E-state index is -0.918. The second-order valence-corrected chi connectivity index (χ2v) is 3.51. The molecule has 0 N–H and O–H groups in total. The lowest BCUT2D eigenvalue weighted by Gasteiger charge is -2.07. The summed E-state index contributed by atoms with van der Waals surface area (Å²) in [5.41, 5.74) is 0. The molecule has 0 saturated carbocycles. The van der Waals surface area contributed by atoms with Crippen LogP contribution in [0.2, 0.25) is 0 Å². The van der Waals surface area contributed by atoms with Crippen molar-refractivity contribution in [1.82, 2.24) is 0 Å². The monoisotopic (exact) mass is 171 g/mol. The molecule has 1 atom stereocenters. The molecule has 0 heterocycles. The van der Waals surface area contributed by atoms with Gasteiger partial charge in [-0.25, -0.2) is 9.90 Å². The molecule has 0 amide bonds. The highest BCUT2D eigenvalue weighted by molar-refractivity contribution is 5.66. The molecule has 0 aromatic heterocycles. The Bertz CT molecular complexity index is 121. The highest BCUT2D eigenvalue weighted by Gasteiger charge is 2.02. The predicted octanol–water partition coefficient (Wildman–Crippen LogP) is 2.94. The second kappa shape index (κ2) is 7.14. The first-order valence-electron chi connectivity index (χ1n) is 4.86. The molecule has 0 saturated heterocycles. The van der Waals surface area contributed by atoms with Crippen molar-refractivity contribution in [1.29, 1.82) is 0 Å². The van der Waals surface area contributed by atoms with Gasteiger partial charge in [-0.3, -0.25) is 0 Å². The lowest BCUT2D eigenvalue weighted by molar-refractivity contribution is -0.143. The minimum absolute atomic E-state index is 0.221. The molecule has 1 unspecified atom stereocenters. The van der Waals surface area contributed by atoms with Crippen molar-refractivity contribution in [3.63, 3.8) is 0 Å². The molecule has 0 spiro atoms. The zero-order chi connectivity index (χ0) is 9.40. The summed E-state index contributed by atoms with van der Waals surface area (Å²) in [7, 11) is 0. The molecule has 0 rings (SSSR count). The molecule has 0 aromatic rings. The van der Waals surface area contributed by atoms with Gasteiger partial charge < -0.3 is 0 Å². The molecule has 71 valence electrons. The molecule has 0 aliphatic carbocycles. The van der Waals surface area contributed by atoms with Gasteiger partial charge in [-0.2, -0.15) is 0 Å². The van der Waals surface area contributed by atoms with Crippen LogP contribution in [0.4, 0.5) is 0 Å². The molecule has 2 heteroatoms. The number of carbonyl (C=O) groups is 1. The van der Waals surface area contributed by atoms with Crippen LogP contribution in [0.1, 0.15) is 52.4 Å². The van der Waals surface area contributed by atoms with Gasteiger partial charge in [0.25, 0.3) is 0 Å². The van der Waals surface area contributed by atoms with E-state index < -0.39 is 5.97 Å². The fraction of sp³-hybridized carbons (Fsp3) is 0.900. The number of hydrogen-bond acceptors (Lipinski definition) is 1. The Morgan fingerprint density at radius 3 is 2.42 bits per heavy atom. The van der Waals surface area contributed by atoms with Crippen LogP contribution in [-0.2, 0) is 9.90 Å². The fourth-order valence-electron chi connectivity index (χ4n) is 1.40. The van der Waals surface area contributed by atoms with Crippen LogP contribution < -0.4 is 0 Å². The fourth-order valence-corrected chi connectivity index (χ4v) is 1.40. The molecule has 0 fully saturated rings. The Hall–Kier alpha value is -0.530. The molecule has 0 aliphatic heterocycles. The highest BCUT2D eigenvalue weighted by Crippen LogP contribution is 2.14. The third-order valence-corrected chi connectivity index (χ3v) is 2.11. The van der Waals surface area contributed by atoms with Gasteiger partial charge in [-0.1, -0.05) is 39.5 Å². The first-order valence-corrected chi connectivity index (χ1v) is 4.86. The van der Waals surface area contributed by atoms with Crippen molar-refractivity contribution in [3.05, 3.63) is 0 Å². The van der Waals surface area contributed by atoms with Gasteiger partial charge in [-0.15, -0.1) is 0 Å². The standard InChI is InChI=1S/C10H19O2/c1-3-6-9(2)7-4-5-8-10(11)12/h9H,3-8H2,1-2H3. The van der Waals surface area contributed by atoms with E-state index in [0.717, 1.165) is 25.2 Å². The first-order chi connectivity index (χ1) is 5.66. The van der Waals surface area contributed by atoms with Gasteiger partial charge in [0.2, 0.25) is 0 Å². The van der Waals surface area contributed by atoms with Crippen LogP contribution in [0, 0.1) is 5.92 Å². The van der Waals surface area contributed by atoms with Crippen molar-refractivity contribution in [3.8, 4) is 0 Å². The van der Waals surface area contributed by atoms with Crippen LogP contribution in [0.25, 0.3) is 0 Å². The SMILES string of the molecule is CCCC(C)CCCCC([O])=O. The molecular weight excluding hydrogens is 152 g/mol. The number of carbonyl (C=O) groups excluding carboxylic acids is 1. The van der Waals surface area contributed by atoms with Crippen molar-refractivity contribution in [2.75, 3.05) is 0 Å². The molecule has 0 aromatic carbocycles. The molecule has 0 aliphatic rings. The number of unbranched alkanes of at least 4 members (excludes halogenated alkanes) is 1. The summed E-state index contributed by atoms with van der Waals surface area (Å²) in [6.45, 7) is 4.40. The summed E-state index contributed by atoms with van der Waals surface area (Å²) >= 11 is 0. The lowest BCUT2D eigenvalue weighted by atomic mass is 9.99. The highest BCUT2D eigenvalue weighted by atomic mass is 16.4. The molecular formula is C10H19O2. The second-order valence-electron chi connectivity index (χ2n) is 3.51. The normalized spacial score (nSPS) is 12.8. The zero-order valence-electron chi connectivity index (χ0n) is 8.14. The summed E-state index contributed by atoms with van der Waals surface area (Å²) in [6, 6.07) is 0. The summed E-state index contributed by atoms with van der Waals surface area (Å²) < 4.78 is 0. The van der Waals surface area contributed by atoms with Crippen LogP contribution >= 0.6 is 0 Å². The Morgan fingerprint density at radius 1 is 1.25 bits per heavy atom. The minimum Gasteiger partial charge on any atom is -0.247 e. The van der Waals surface area contributed by atoms with E-state index in [9.17, 15) is 9.90 Å². The Morgan fingerprint density at radius 2 is 1.92 bits per heavy atom. The van der Waals surface area contributed by atoms with Crippen molar-refractivity contribution in [2.45, 2.75) is 52.4 Å². The maximum atomic E-state index is 10.1. The van der Waals surface area contributed by atoms with Gasteiger partial charge in [0.1, 0.15) is 0 Å². The summed E-state index contributed by atoms with van der Waals surface area (Å²) in [5.74, 6) is -0.171. The summed E-state index contributed by atoms with van der Waals surface area (Å²) in [5, 5.41) is 10.1. The maximum absolute atomic E-state index is 10.1. The summed E-state index contributed by atoms with van der Waals surface area (Å²) in [6.07, 6.45) is 5.65. The van der Waals surface area contributed by atoms with Gasteiger partial charge in [0.05, 0.1) is 6.42 Å². The average Bonchev–Trinajstić information content (AvgIpc) is 1.98. The topological polar surface area (TPSA) is 37.0 Å². The predicted molar refractivity (Wildman–Crippen MR) is 48.2 cm³/mol. The molecule has 0 bridgehead atoms. The lowest BCUT2D eigenvalue weighted by Crippen LogP contribution is -1.96. The first kappa shape index (κ1) is 11.5. The Labute approximate surface area is 75.0 Å². The van der Waals surface area contributed by atoms with E-state index in [4.69, 9.17) is 0 Å². The number of rotatable bonds is 7. The van der Waals surface area contributed by atoms with Crippen molar-refractivity contribution >= 4 is 5.97 Å². The third kappa shape index (κ3) is 7.58. The van der Waals surface area contributed by atoms with Crippen LogP contribution in [0.15, 0.2) is 0 Å². The van der Waals surface area contributed by atoms with Crippen LogP contribution in [-0.4, -0.2) is 5.97 Å². The molecule has 12 heavy (non-hydrogen) atoms. The van der Waals surface area contributed by atoms with Gasteiger partial charge in [-0.05, 0) is 12.3 Å². The Kier molecular flexibility index (Phi) is 6.82. The maximum Gasteiger partial charge on any atom is 0.355 e. The zero-order valence-corrected chi connectivity index (χ0v) is 8.14.